The highest BCUT2D eigenvalue weighted by Crippen LogP contribution is 2.31. The Morgan fingerprint density at radius 2 is 1.40 bits per heavy atom. The summed E-state index contributed by atoms with van der Waals surface area (Å²) in [7, 11) is 0. The Labute approximate surface area is 134 Å². The monoisotopic (exact) mass is 388 g/mol. The van der Waals surface area contributed by atoms with Gasteiger partial charge in [-0.3, -0.25) is 4.79 Å². The lowest BCUT2D eigenvalue weighted by molar-refractivity contribution is -0.113. The van der Waals surface area contributed by atoms with Gasteiger partial charge in [0.15, 0.2) is 5.78 Å². The summed E-state index contributed by atoms with van der Waals surface area (Å²) >= 11 is 6.80. The summed E-state index contributed by atoms with van der Waals surface area (Å²) < 4.78 is 2.01. The van der Waals surface area contributed by atoms with Crippen LogP contribution in [0.25, 0.3) is 5.57 Å². The van der Waals surface area contributed by atoms with Crippen molar-refractivity contribution in [3.05, 3.63) is 80.4 Å². The minimum absolute atomic E-state index is 0.106. The van der Waals surface area contributed by atoms with Gasteiger partial charge in [0.1, 0.15) is 0 Å². The number of benzene rings is 2. The van der Waals surface area contributed by atoms with Crippen molar-refractivity contribution in [2.75, 3.05) is 0 Å². The Balaban J connectivity index is 1.89. The number of allylic oxidation sites excluding steroid dienone is 1. The van der Waals surface area contributed by atoms with Crippen LogP contribution in [-0.2, 0) is 4.79 Å². The Bertz CT molecular complexity index is 721. The number of carbonyl (C=O) groups is 1. The maximum atomic E-state index is 12.5. The average molecular weight is 390 g/mol. The topological polar surface area (TPSA) is 17.1 Å². The minimum atomic E-state index is -0.221. The number of Topliss-reactive ketones (excluding diaryl/α,β-unsaturated/α-hetero) is 1. The van der Waals surface area contributed by atoms with Gasteiger partial charge in [-0.2, -0.15) is 0 Å². The molecule has 0 radical (unpaired) electrons. The van der Waals surface area contributed by atoms with Crippen LogP contribution in [-0.4, -0.2) is 5.78 Å². The number of halogens is 2. The first-order valence-electron chi connectivity index (χ1n) is 6.17. The summed E-state index contributed by atoms with van der Waals surface area (Å²) in [6, 6.07) is 15.6. The van der Waals surface area contributed by atoms with E-state index < -0.39 is 0 Å². The van der Waals surface area contributed by atoms with Crippen molar-refractivity contribution in [1.82, 2.24) is 0 Å². The normalized spacial score (nSPS) is 17.4. The molecule has 0 saturated carbocycles. The summed E-state index contributed by atoms with van der Waals surface area (Å²) in [5, 5.41) is 0. The van der Waals surface area contributed by atoms with Crippen LogP contribution in [0.2, 0.25) is 0 Å². The van der Waals surface area contributed by atoms with Crippen molar-refractivity contribution in [2.24, 2.45) is 0 Å². The van der Waals surface area contributed by atoms with E-state index in [1.807, 2.05) is 54.6 Å². The van der Waals surface area contributed by atoms with E-state index in [9.17, 15) is 4.79 Å². The number of hydrogen-bond donors (Lipinski definition) is 0. The van der Waals surface area contributed by atoms with Crippen molar-refractivity contribution < 1.29 is 4.79 Å². The van der Waals surface area contributed by atoms with Gasteiger partial charge in [0.25, 0.3) is 0 Å². The van der Waals surface area contributed by atoms with Crippen LogP contribution in [0.3, 0.4) is 0 Å². The van der Waals surface area contributed by atoms with E-state index in [2.05, 4.69) is 37.6 Å². The predicted octanol–water partition coefficient (Wildman–Crippen LogP) is 5.12. The van der Waals surface area contributed by atoms with E-state index in [1.165, 1.54) is 0 Å². The van der Waals surface area contributed by atoms with Crippen LogP contribution in [0, 0.1) is 0 Å². The second-order valence-corrected chi connectivity index (χ2v) is 6.42. The molecule has 0 N–H and O–H groups in total. The van der Waals surface area contributed by atoms with Gasteiger partial charge < -0.3 is 0 Å². The molecule has 0 saturated heterocycles. The molecule has 2 aromatic carbocycles. The van der Waals surface area contributed by atoms with E-state index in [0.717, 1.165) is 20.1 Å². The van der Waals surface area contributed by atoms with Crippen LogP contribution in [0.5, 0.6) is 0 Å². The van der Waals surface area contributed by atoms with Crippen LogP contribution in [0.15, 0.2) is 69.3 Å². The van der Waals surface area contributed by atoms with E-state index in [1.54, 1.807) is 0 Å². The predicted molar refractivity (Wildman–Crippen MR) is 87.5 cm³/mol. The summed E-state index contributed by atoms with van der Waals surface area (Å²) in [6.07, 6.45) is 1.85. The van der Waals surface area contributed by atoms with Gasteiger partial charge >= 0.3 is 0 Å². The fourth-order valence-corrected chi connectivity index (χ4v) is 2.76. The Morgan fingerprint density at radius 3 is 2.00 bits per heavy atom. The largest absolute Gasteiger partial charge is 0.292 e. The third-order valence-corrected chi connectivity index (χ3v) is 4.34. The van der Waals surface area contributed by atoms with E-state index >= 15 is 0 Å². The molecular formula is C17H10Br2O. The highest BCUT2D eigenvalue weighted by Gasteiger charge is 2.26. The molecule has 1 nitrogen and oxygen atoms in total. The molecule has 1 aliphatic rings. The molecule has 0 amide bonds. The molecule has 3 heteroatoms. The van der Waals surface area contributed by atoms with Crippen molar-refractivity contribution in [1.29, 1.82) is 0 Å². The Hall–Kier alpha value is -1.41. The summed E-state index contributed by atoms with van der Waals surface area (Å²) in [6.45, 7) is 0. The van der Waals surface area contributed by atoms with Crippen molar-refractivity contribution >= 4 is 43.2 Å². The molecule has 1 atom stereocenters. The molecule has 3 rings (SSSR count). The van der Waals surface area contributed by atoms with E-state index in [-0.39, 0.29) is 11.7 Å². The van der Waals surface area contributed by atoms with Crippen LogP contribution < -0.4 is 0 Å². The number of ketones is 1. The second-order valence-electron chi connectivity index (χ2n) is 4.59. The zero-order valence-corrected chi connectivity index (χ0v) is 13.6. The third kappa shape index (κ3) is 2.57. The first-order valence-corrected chi connectivity index (χ1v) is 7.76. The van der Waals surface area contributed by atoms with Crippen molar-refractivity contribution in [2.45, 2.75) is 5.92 Å². The van der Waals surface area contributed by atoms with Gasteiger partial charge in [-0.1, -0.05) is 56.1 Å². The molecule has 0 spiro atoms. The molecule has 0 heterocycles. The fraction of sp³-hybridized carbons (Fsp3) is 0.0588. The van der Waals surface area contributed by atoms with Gasteiger partial charge in [0.2, 0.25) is 0 Å². The maximum absolute atomic E-state index is 12.5. The first-order chi connectivity index (χ1) is 9.65. The highest BCUT2D eigenvalue weighted by molar-refractivity contribution is 9.10. The van der Waals surface area contributed by atoms with Gasteiger partial charge in [0, 0.05) is 8.95 Å². The molecule has 0 aromatic heterocycles. The molecule has 1 aliphatic carbocycles. The molecule has 0 bridgehead atoms. The zero-order valence-electron chi connectivity index (χ0n) is 10.4. The number of hydrogen-bond acceptors (Lipinski definition) is 1. The van der Waals surface area contributed by atoms with Gasteiger partial charge in [0.05, 0.1) is 11.5 Å². The van der Waals surface area contributed by atoms with Gasteiger partial charge in [-0.05, 0) is 41.5 Å². The molecular weight excluding hydrogens is 380 g/mol. The van der Waals surface area contributed by atoms with E-state index in [4.69, 9.17) is 0 Å². The minimum Gasteiger partial charge on any atom is -0.292 e. The summed E-state index contributed by atoms with van der Waals surface area (Å²) in [5.41, 5.74) is 5.69. The zero-order chi connectivity index (χ0) is 14.1. The second kappa shape index (κ2) is 5.53. The van der Waals surface area contributed by atoms with Crippen LogP contribution in [0.1, 0.15) is 17.0 Å². The molecule has 20 heavy (non-hydrogen) atoms. The fourth-order valence-electron chi connectivity index (χ4n) is 2.23. The standard InChI is InChI=1S/C17H10Br2O/c18-13-5-1-11(2-6-13)15-9-10-16(17(15)20)12-3-7-14(19)8-4-12/h1-9,15H. The maximum Gasteiger partial charge on any atom is 0.183 e. The number of carbonyl (C=O) groups excluding carboxylic acids is 1. The molecule has 98 valence electrons. The van der Waals surface area contributed by atoms with Gasteiger partial charge in [-0.15, -0.1) is 5.73 Å². The lowest BCUT2D eigenvalue weighted by atomic mass is 9.93. The quantitative estimate of drug-likeness (QED) is 0.651. The SMILES string of the molecule is O=C1C(c2ccc(Br)cc2)=C=CC1c1ccc(Br)cc1. The van der Waals surface area contributed by atoms with Crippen molar-refractivity contribution in [3.8, 4) is 0 Å². The molecule has 2 aromatic rings. The molecule has 0 fully saturated rings. The van der Waals surface area contributed by atoms with Crippen LogP contribution in [0.4, 0.5) is 0 Å². The Kier molecular flexibility index (Phi) is 3.75. The number of rotatable bonds is 2. The first kappa shape index (κ1) is 13.6. The Morgan fingerprint density at radius 1 is 0.850 bits per heavy atom. The summed E-state index contributed by atoms with van der Waals surface area (Å²) in [5.74, 6) is -0.114. The van der Waals surface area contributed by atoms with Crippen molar-refractivity contribution in [3.63, 3.8) is 0 Å². The van der Waals surface area contributed by atoms with E-state index in [0.29, 0.717) is 5.57 Å². The third-order valence-electron chi connectivity index (χ3n) is 3.29. The smallest absolute Gasteiger partial charge is 0.183 e. The van der Waals surface area contributed by atoms with Gasteiger partial charge in [-0.25, -0.2) is 0 Å². The highest BCUT2D eigenvalue weighted by atomic mass is 79.9. The average Bonchev–Trinajstić information content (AvgIpc) is 2.83. The lowest BCUT2D eigenvalue weighted by Crippen LogP contribution is -2.08. The lowest BCUT2D eigenvalue weighted by Gasteiger charge is -2.09. The molecule has 0 aliphatic heterocycles. The van der Waals surface area contributed by atoms with Crippen LogP contribution >= 0.6 is 31.9 Å². The summed E-state index contributed by atoms with van der Waals surface area (Å²) in [4.78, 5) is 12.5. The molecule has 1 unspecified atom stereocenters.